The van der Waals surface area contributed by atoms with E-state index in [-0.39, 0.29) is 12.6 Å². The number of aliphatic hydroxyl groups is 1. The monoisotopic (exact) mass is 159 g/mol. The van der Waals surface area contributed by atoms with Crippen molar-refractivity contribution in [3.05, 3.63) is 0 Å². The first-order chi connectivity index (χ1) is 5.24. The quantitative estimate of drug-likeness (QED) is 0.523. The molecule has 0 aromatic carbocycles. The van der Waals surface area contributed by atoms with Crippen LogP contribution in [0, 0.1) is 0 Å². The summed E-state index contributed by atoms with van der Waals surface area (Å²) >= 11 is 0. The Bertz CT molecular complexity index is 149. The molecule has 0 aromatic heterocycles. The van der Waals surface area contributed by atoms with Crippen LogP contribution < -0.4 is 5.32 Å². The predicted octanol–water partition coefficient (Wildman–Crippen LogP) is -0.426. The molecule has 64 valence electrons. The maximum Gasteiger partial charge on any atom is 0.320 e. The van der Waals surface area contributed by atoms with E-state index < -0.39 is 12.0 Å². The van der Waals surface area contributed by atoms with Gasteiger partial charge in [0.25, 0.3) is 0 Å². The van der Waals surface area contributed by atoms with Gasteiger partial charge in [0.05, 0.1) is 0 Å². The van der Waals surface area contributed by atoms with Crippen molar-refractivity contribution in [3.63, 3.8) is 0 Å². The summed E-state index contributed by atoms with van der Waals surface area (Å²) in [6.45, 7) is 0.129. The van der Waals surface area contributed by atoms with E-state index in [2.05, 4.69) is 5.32 Å². The van der Waals surface area contributed by atoms with E-state index in [1.54, 1.807) is 0 Å². The van der Waals surface area contributed by atoms with E-state index >= 15 is 0 Å². The second kappa shape index (κ2) is 3.69. The van der Waals surface area contributed by atoms with Crippen LogP contribution in [0.3, 0.4) is 0 Å². The maximum absolute atomic E-state index is 10.4. The Kier molecular flexibility index (Phi) is 2.84. The van der Waals surface area contributed by atoms with Crippen molar-refractivity contribution in [1.29, 1.82) is 0 Å². The number of rotatable bonds is 3. The Hall–Kier alpha value is -0.610. The zero-order valence-electron chi connectivity index (χ0n) is 6.29. The van der Waals surface area contributed by atoms with Crippen LogP contribution in [0.2, 0.25) is 0 Å². The van der Waals surface area contributed by atoms with Gasteiger partial charge in [0.2, 0.25) is 0 Å². The van der Waals surface area contributed by atoms with Gasteiger partial charge in [-0.15, -0.1) is 0 Å². The molecule has 0 radical (unpaired) electrons. The van der Waals surface area contributed by atoms with Gasteiger partial charge in [-0.25, -0.2) is 0 Å². The zero-order valence-corrected chi connectivity index (χ0v) is 6.29. The molecule has 1 fully saturated rings. The van der Waals surface area contributed by atoms with Crippen LogP contribution in [0.5, 0.6) is 0 Å². The number of hydrogen-bond acceptors (Lipinski definition) is 3. The van der Waals surface area contributed by atoms with Crippen molar-refractivity contribution in [1.82, 2.24) is 5.32 Å². The third-order valence-corrected chi connectivity index (χ3v) is 2.02. The lowest BCUT2D eigenvalue weighted by atomic mass is 10.1. The molecule has 3 N–H and O–H groups in total. The topological polar surface area (TPSA) is 69.6 Å². The third kappa shape index (κ3) is 2.17. The molecular weight excluding hydrogens is 146 g/mol. The number of nitrogens with one attached hydrogen (secondary N) is 1. The van der Waals surface area contributed by atoms with Crippen molar-refractivity contribution in [2.24, 2.45) is 0 Å². The van der Waals surface area contributed by atoms with Gasteiger partial charge in [-0.3, -0.25) is 4.79 Å². The van der Waals surface area contributed by atoms with Crippen LogP contribution in [0.25, 0.3) is 0 Å². The van der Waals surface area contributed by atoms with Gasteiger partial charge < -0.3 is 15.5 Å². The van der Waals surface area contributed by atoms with Crippen LogP contribution in [-0.4, -0.2) is 34.9 Å². The molecule has 1 saturated heterocycles. The minimum absolute atomic E-state index is 0.129. The van der Waals surface area contributed by atoms with E-state index in [9.17, 15) is 4.79 Å². The highest BCUT2D eigenvalue weighted by atomic mass is 16.4. The van der Waals surface area contributed by atoms with Gasteiger partial charge in [-0.05, 0) is 19.3 Å². The van der Waals surface area contributed by atoms with E-state index in [1.807, 2.05) is 0 Å². The molecule has 0 bridgehead atoms. The number of hydrogen-bond donors (Lipinski definition) is 3. The summed E-state index contributed by atoms with van der Waals surface area (Å²) in [7, 11) is 0. The minimum atomic E-state index is -0.787. The molecule has 1 aliphatic rings. The highest BCUT2D eigenvalue weighted by Crippen LogP contribution is 2.14. The largest absolute Gasteiger partial charge is 0.480 e. The summed E-state index contributed by atoms with van der Waals surface area (Å²) in [6.07, 6.45) is 2.20. The van der Waals surface area contributed by atoms with Crippen LogP contribution in [-0.2, 0) is 4.79 Å². The van der Waals surface area contributed by atoms with Crippen molar-refractivity contribution in [2.45, 2.75) is 31.3 Å². The zero-order chi connectivity index (χ0) is 8.27. The number of carboxylic acid groups (broad SMARTS) is 1. The second-order valence-corrected chi connectivity index (χ2v) is 2.84. The molecule has 0 aliphatic carbocycles. The van der Waals surface area contributed by atoms with Crippen LogP contribution in [0.15, 0.2) is 0 Å². The van der Waals surface area contributed by atoms with E-state index in [1.165, 1.54) is 0 Å². The normalized spacial score (nSPS) is 30.6. The summed E-state index contributed by atoms with van der Waals surface area (Å²) < 4.78 is 0. The Labute approximate surface area is 65.2 Å². The molecule has 4 nitrogen and oxygen atoms in total. The molecule has 1 rings (SSSR count). The third-order valence-electron chi connectivity index (χ3n) is 2.02. The number of aliphatic hydroxyl groups excluding tert-OH is 1. The summed E-state index contributed by atoms with van der Waals surface area (Å²) in [6, 6.07) is -0.201. The van der Waals surface area contributed by atoms with Crippen molar-refractivity contribution < 1.29 is 15.0 Å². The van der Waals surface area contributed by atoms with Crippen molar-refractivity contribution in [2.75, 3.05) is 6.61 Å². The van der Waals surface area contributed by atoms with Gasteiger partial charge in [-0.1, -0.05) is 0 Å². The highest BCUT2D eigenvalue weighted by Gasteiger charge is 2.27. The number of carboxylic acids is 1. The minimum Gasteiger partial charge on any atom is -0.480 e. The molecule has 0 spiro atoms. The van der Waals surface area contributed by atoms with Crippen LogP contribution in [0.1, 0.15) is 19.3 Å². The smallest absolute Gasteiger partial charge is 0.320 e. The maximum atomic E-state index is 10.4. The lowest BCUT2D eigenvalue weighted by Gasteiger charge is -2.08. The fourth-order valence-corrected chi connectivity index (χ4v) is 1.40. The molecule has 0 amide bonds. The van der Waals surface area contributed by atoms with Gasteiger partial charge in [0, 0.05) is 12.6 Å². The molecule has 0 saturated carbocycles. The standard InChI is InChI=1S/C7H13NO3/c9-4-3-5-1-2-6(8-5)7(10)11/h5-6,8-9H,1-4H2,(H,10,11)/t5-,6+/m1/s1. The molecule has 2 atom stereocenters. The fraction of sp³-hybridized carbons (Fsp3) is 0.857. The van der Waals surface area contributed by atoms with Gasteiger partial charge in [0.15, 0.2) is 0 Å². The molecule has 1 aliphatic heterocycles. The first kappa shape index (κ1) is 8.49. The lowest BCUT2D eigenvalue weighted by Crippen LogP contribution is -2.35. The first-order valence-electron chi connectivity index (χ1n) is 3.83. The molecule has 0 aromatic rings. The number of carbonyl (C=O) groups is 1. The molecule has 0 unspecified atom stereocenters. The first-order valence-corrected chi connectivity index (χ1v) is 3.83. The van der Waals surface area contributed by atoms with Gasteiger partial charge >= 0.3 is 5.97 Å². The van der Waals surface area contributed by atoms with Gasteiger partial charge in [-0.2, -0.15) is 0 Å². The summed E-state index contributed by atoms with van der Waals surface area (Å²) in [5.74, 6) is -0.787. The Morgan fingerprint density at radius 2 is 2.27 bits per heavy atom. The summed E-state index contributed by atoms with van der Waals surface area (Å²) in [4.78, 5) is 10.4. The van der Waals surface area contributed by atoms with Crippen LogP contribution in [0.4, 0.5) is 0 Å². The van der Waals surface area contributed by atoms with E-state index in [0.717, 1.165) is 6.42 Å². The van der Waals surface area contributed by atoms with E-state index in [0.29, 0.717) is 12.8 Å². The van der Waals surface area contributed by atoms with Gasteiger partial charge in [0.1, 0.15) is 6.04 Å². The Balaban J connectivity index is 2.29. The molecule has 11 heavy (non-hydrogen) atoms. The van der Waals surface area contributed by atoms with Crippen molar-refractivity contribution >= 4 is 5.97 Å². The lowest BCUT2D eigenvalue weighted by molar-refractivity contribution is -0.139. The highest BCUT2D eigenvalue weighted by molar-refractivity contribution is 5.73. The van der Waals surface area contributed by atoms with E-state index in [4.69, 9.17) is 10.2 Å². The molecular formula is C7H13NO3. The SMILES string of the molecule is O=C(O)[C@@H]1CC[C@H](CCO)N1. The van der Waals surface area contributed by atoms with Crippen molar-refractivity contribution in [3.8, 4) is 0 Å². The summed E-state index contributed by atoms with van der Waals surface area (Å²) in [5, 5.41) is 20.1. The molecule has 4 heteroatoms. The Morgan fingerprint density at radius 1 is 1.55 bits per heavy atom. The fourth-order valence-electron chi connectivity index (χ4n) is 1.40. The van der Waals surface area contributed by atoms with Crippen LogP contribution >= 0.6 is 0 Å². The Morgan fingerprint density at radius 3 is 2.73 bits per heavy atom. The average Bonchev–Trinajstić information content (AvgIpc) is 2.37. The average molecular weight is 159 g/mol. The predicted molar refractivity (Wildman–Crippen MR) is 39.3 cm³/mol. The number of aliphatic carboxylic acids is 1. The second-order valence-electron chi connectivity index (χ2n) is 2.84. The summed E-state index contributed by atoms with van der Waals surface area (Å²) in [5.41, 5.74) is 0. The molecule has 1 heterocycles.